The van der Waals surface area contributed by atoms with Crippen molar-refractivity contribution in [3.63, 3.8) is 0 Å². The highest BCUT2D eigenvalue weighted by molar-refractivity contribution is 5.35. The minimum atomic E-state index is -0.662. The molecule has 0 unspecified atom stereocenters. The molecule has 1 rings (SSSR count). The lowest BCUT2D eigenvalue weighted by molar-refractivity contribution is 0.0748. The highest BCUT2D eigenvalue weighted by Gasteiger charge is 2.11. The first kappa shape index (κ1) is 13.9. The van der Waals surface area contributed by atoms with E-state index >= 15 is 0 Å². The van der Waals surface area contributed by atoms with Gasteiger partial charge in [-0.25, -0.2) is 9.97 Å². The highest BCUT2D eigenvalue weighted by atomic mass is 16.5. The van der Waals surface area contributed by atoms with Crippen LogP contribution in [0.4, 0.5) is 5.82 Å². The molecule has 0 aliphatic heterocycles. The van der Waals surface area contributed by atoms with Gasteiger partial charge in [0.25, 0.3) is 0 Å². The summed E-state index contributed by atoms with van der Waals surface area (Å²) in [7, 11) is 1.62. The summed E-state index contributed by atoms with van der Waals surface area (Å²) in [5.74, 6) is 1.44. The molecule has 5 heteroatoms. The van der Waals surface area contributed by atoms with Gasteiger partial charge in [-0.3, -0.25) is 0 Å². The summed E-state index contributed by atoms with van der Waals surface area (Å²) >= 11 is 0. The Labute approximate surface area is 102 Å². The van der Waals surface area contributed by atoms with Crippen molar-refractivity contribution in [3.8, 4) is 0 Å². The molecule has 96 valence electrons. The van der Waals surface area contributed by atoms with Crippen LogP contribution in [0, 0.1) is 6.92 Å². The summed E-state index contributed by atoms with van der Waals surface area (Å²) in [6.07, 6.45) is 0.662. The van der Waals surface area contributed by atoms with Crippen molar-refractivity contribution in [2.75, 3.05) is 19.0 Å². The Morgan fingerprint density at radius 1 is 1.41 bits per heavy atom. The summed E-state index contributed by atoms with van der Waals surface area (Å²) < 4.78 is 5.00. The molecule has 0 saturated carbocycles. The van der Waals surface area contributed by atoms with Crippen molar-refractivity contribution in [3.05, 3.63) is 17.6 Å². The van der Waals surface area contributed by atoms with E-state index in [1.54, 1.807) is 21.0 Å². The van der Waals surface area contributed by atoms with E-state index in [1.807, 2.05) is 13.0 Å². The minimum absolute atomic E-state index is 0.405. The normalized spacial score (nSPS) is 11.6. The molecule has 0 fully saturated rings. The van der Waals surface area contributed by atoms with Crippen molar-refractivity contribution < 1.29 is 9.84 Å². The van der Waals surface area contributed by atoms with Gasteiger partial charge in [0.15, 0.2) is 5.82 Å². The van der Waals surface area contributed by atoms with Crippen LogP contribution in [0.1, 0.15) is 31.8 Å². The monoisotopic (exact) mass is 239 g/mol. The third-order valence-corrected chi connectivity index (χ3v) is 2.22. The fraction of sp³-hybridized carbons (Fsp3) is 0.667. The lowest BCUT2D eigenvalue weighted by Gasteiger charge is -2.17. The summed E-state index contributed by atoms with van der Waals surface area (Å²) in [4.78, 5) is 8.57. The zero-order chi connectivity index (χ0) is 12.9. The number of nitrogens with zero attached hydrogens (tertiary/aromatic N) is 2. The maximum Gasteiger partial charge on any atom is 0.156 e. The number of anilines is 1. The molecule has 0 aliphatic carbocycles. The summed E-state index contributed by atoms with van der Waals surface area (Å²) in [5.41, 5.74) is 0.238. The topological polar surface area (TPSA) is 67.3 Å². The summed E-state index contributed by atoms with van der Waals surface area (Å²) in [5, 5.41) is 12.8. The first-order chi connectivity index (χ1) is 7.90. The van der Waals surface area contributed by atoms with Crippen molar-refractivity contribution in [1.29, 1.82) is 0 Å². The molecule has 1 aromatic heterocycles. The first-order valence-corrected chi connectivity index (χ1v) is 5.70. The quantitative estimate of drug-likeness (QED) is 0.787. The Bertz CT molecular complexity index is 361. The number of nitrogens with one attached hydrogen (secondary N) is 1. The van der Waals surface area contributed by atoms with E-state index in [9.17, 15) is 5.11 Å². The second-order valence-electron chi connectivity index (χ2n) is 4.73. The third-order valence-electron chi connectivity index (χ3n) is 2.22. The molecule has 0 saturated heterocycles. The number of aryl methyl sites for hydroxylation is 1. The zero-order valence-electron chi connectivity index (χ0n) is 10.9. The molecular formula is C12H21N3O2. The highest BCUT2D eigenvalue weighted by Crippen LogP contribution is 2.10. The molecule has 0 atom stereocenters. The second kappa shape index (κ2) is 5.93. The predicted octanol–water partition coefficient (Wildman–Crippen LogP) is 1.50. The average Bonchev–Trinajstić information content (AvgIpc) is 2.15. The first-order valence-electron chi connectivity index (χ1n) is 5.70. The van der Waals surface area contributed by atoms with E-state index in [1.165, 1.54) is 0 Å². The van der Waals surface area contributed by atoms with Gasteiger partial charge in [-0.2, -0.15) is 0 Å². The molecular weight excluding hydrogens is 218 g/mol. The maximum atomic E-state index is 9.60. The van der Waals surface area contributed by atoms with Crippen LogP contribution in [0.5, 0.6) is 0 Å². The lowest BCUT2D eigenvalue weighted by Crippen LogP contribution is -2.23. The summed E-state index contributed by atoms with van der Waals surface area (Å²) in [6.45, 7) is 6.57. The van der Waals surface area contributed by atoms with Crippen LogP contribution in [0.2, 0.25) is 0 Å². The van der Waals surface area contributed by atoms with Gasteiger partial charge in [0.05, 0.1) is 5.60 Å². The van der Waals surface area contributed by atoms with E-state index in [0.717, 1.165) is 11.5 Å². The van der Waals surface area contributed by atoms with Crippen LogP contribution in [0.15, 0.2) is 6.07 Å². The number of aliphatic hydroxyl groups is 1. The van der Waals surface area contributed by atoms with Gasteiger partial charge >= 0.3 is 0 Å². The van der Waals surface area contributed by atoms with E-state index in [-0.39, 0.29) is 0 Å². The van der Waals surface area contributed by atoms with Gasteiger partial charge in [0, 0.05) is 25.4 Å². The maximum absolute atomic E-state index is 9.60. The Morgan fingerprint density at radius 2 is 2.12 bits per heavy atom. The Kier molecular flexibility index (Phi) is 4.84. The predicted molar refractivity (Wildman–Crippen MR) is 66.9 cm³/mol. The molecule has 0 amide bonds. The van der Waals surface area contributed by atoms with Crippen LogP contribution in [-0.2, 0) is 11.3 Å². The Balaban J connectivity index is 2.58. The van der Waals surface area contributed by atoms with Crippen molar-refractivity contribution >= 4 is 5.82 Å². The number of rotatable bonds is 6. The number of hydrogen-bond donors (Lipinski definition) is 2. The van der Waals surface area contributed by atoms with Crippen molar-refractivity contribution in [2.45, 2.75) is 39.4 Å². The smallest absolute Gasteiger partial charge is 0.156 e. The number of hydrogen-bond acceptors (Lipinski definition) is 5. The molecule has 0 spiro atoms. The Morgan fingerprint density at radius 3 is 2.71 bits per heavy atom. The van der Waals surface area contributed by atoms with E-state index in [2.05, 4.69) is 15.3 Å². The van der Waals surface area contributed by atoms with E-state index in [4.69, 9.17) is 4.74 Å². The number of methoxy groups -OCH3 is 1. The van der Waals surface area contributed by atoms with Gasteiger partial charge in [-0.1, -0.05) is 0 Å². The van der Waals surface area contributed by atoms with Crippen LogP contribution >= 0.6 is 0 Å². The third kappa shape index (κ3) is 5.60. The summed E-state index contributed by atoms with van der Waals surface area (Å²) in [6, 6.07) is 1.88. The van der Waals surface area contributed by atoms with Crippen LogP contribution in [-0.4, -0.2) is 34.3 Å². The molecule has 2 N–H and O–H groups in total. The van der Waals surface area contributed by atoms with Gasteiger partial charge in [0.1, 0.15) is 12.4 Å². The number of ether oxygens (including phenoxy) is 1. The van der Waals surface area contributed by atoms with E-state index < -0.39 is 5.60 Å². The Hall–Kier alpha value is -1.20. The molecule has 0 radical (unpaired) electrons. The molecule has 0 bridgehead atoms. The fourth-order valence-corrected chi connectivity index (χ4v) is 1.41. The largest absolute Gasteiger partial charge is 0.390 e. The minimum Gasteiger partial charge on any atom is -0.390 e. The number of aromatic nitrogens is 2. The van der Waals surface area contributed by atoms with Crippen molar-refractivity contribution in [2.24, 2.45) is 0 Å². The van der Waals surface area contributed by atoms with Crippen LogP contribution in [0.25, 0.3) is 0 Å². The second-order valence-corrected chi connectivity index (χ2v) is 4.73. The average molecular weight is 239 g/mol. The standard InChI is InChI=1S/C12H21N3O2/c1-9-7-10(13-6-5-12(2,3)16)15-11(14-9)8-17-4/h7,16H,5-6,8H2,1-4H3,(H,13,14,15). The molecule has 1 aromatic rings. The molecule has 0 aromatic carbocycles. The zero-order valence-corrected chi connectivity index (χ0v) is 10.9. The molecule has 5 nitrogen and oxygen atoms in total. The van der Waals surface area contributed by atoms with Crippen LogP contribution in [0.3, 0.4) is 0 Å². The molecule has 1 heterocycles. The lowest BCUT2D eigenvalue weighted by atomic mass is 10.1. The van der Waals surface area contributed by atoms with Gasteiger partial charge in [-0.15, -0.1) is 0 Å². The van der Waals surface area contributed by atoms with Gasteiger partial charge in [0.2, 0.25) is 0 Å². The van der Waals surface area contributed by atoms with Gasteiger partial charge < -0.3 is 15.2 Å². The molecule has 17 heavy (non-hydrogen) atoms. The van der Waals surface area contributed by atoms with Gasteiger partial charge in [-0.05, 0) is 27.2 Å². The fourth-order valence-electron chi connectivity index (χ4n) is 1.41. The molecule has 0 aliphatic rings. The van der Waals surface area contributed by atoms with Crippen molar-refractivity contribution in [1.82, 2.24) is 9.97 Å². The van der Waals surface area contributed by atoms with E-state index in [0.29, 0.717) is 25.4 Å². The SMILES string of the molecule is COCc1nc(C)cc(NCCC(C)(C)O)n1. The van der Waals surface area contributed by atoms with Crippen LogP contribution < -0.4 is 5.32 Å².